The minimum Gasteiger partial charge on any atom is -0.375 e. The summed E-state index contributed by atoms with van der Waals surface area (Å²) in [5.41, 5.74) is 5.77. The molecule has 1 aromatic rings. The zero-order valence-corrected chi connectivity index (χ0v) is 14.1. The molecule has 0 aliphatic carbocycles. The number of amides is 5. The number of benzene rings is 1. The minimum absolute atomic E-state index is 0.0383. The molecule has 5 amide bonds. The van der Waals surface area contributed by atoms with E-state index in [-0.39, 0.29) is 19.5 Å². The molecular weight excluding hydrogens is 326 g/mol. The molecule has 1 rings (SSSR count). The molecule has 0 aliphatic rings. The Kier molecular flexibility index (Phi) is 8.48. The number of carbonyl (C=O) groups is 4. The van der Waals surface area contributed by atoms with Crippen molar-refractivity contribution in [1.82, 2.24) is 16.0 Å². The number of urea groups is 1. The first kappa shape index (κ1) is 19.9. The Hall–Kier alpha value is -3.10. The Bertz CT molecular complexity index is 633. The molecule has 9 nitrogen and oxygen atoms in total. The molecule has 0 aromatic heterocycles. The van der Waals surface area contributed by atoms with Crippen LogP contribution in [0.25, 0.3) is 0 Å². The SMILES string of the molecule is CCCNC(=O)NC(=O)CNc1ccccc1C(=O)NCCC(N)=O. The van der Waals surface area contributed by atoms with Gasteiger partial charge in [0.1, 0.15) is 0 Å². The van der Waals surface area contributed by atoms with E-state index in [2.05, 4.69) is 21.3 Å². The summed E-state index contributed by atoms with van der Waals surface area (Å²) in [6.45, 7) is 2.32. The lowest BCUT2D eigenvalue weighted by molar-refractivity contribution is -0.119. The van der Waals surface area contributed by atoms with Crippen LogP contribution in [0.2, 0.25) is 0 Å². The fraction of sp³-hybridized carbons (Fsp3) is 0.375. The molecule has 6 N–H and O–H groups in total. The molecule has 0 spiro atoms. The van der Waals surface area contributed by atoms with Crippen molar-refractivity contribution in [3.63, 3.8) is 0 Å². The second-order valence-electron chi connectivity index (χ2n) is 5.18. The Morgan fingerprint density at radius 2 is 1.76 bits per heavy atom. The topological polar surface area (TPSA) is 142 Å². The van der Waals surface area contributed by atoms with Gasteiger partial charge in [0.05, 0.1) is 12.1 Å². The lowest BCUT2D eigenvalue weighted by atomic mass is 10.1. The Morgan fingerprint density at radius 1 is 1.04 bits per heavy atom. The van der Waals surface area contributed by atoms with E-state index in [1.165, 1.54) is 0 Å². The average molecular weight is 349 g/mol. The van der Waals surface area contributed by atoms with E-state index in [9.17, 15) is 19.2 Å². The van der Waals surface area contributed by atoms with E-state index in [1.54, 1.807) is 24.3 Å². The summed E-state index contributed by atoms with van der Waals surface area (Å²) in [5, 5.41) is 10.1. The van der Waals surface area contributed by atoms with Crippen molar-refractivity contribution in [2.45, 2.75) is 19.8 Å². The van der Waals surface area contributed by atoms with Crippen LogP contribution in [0.3, 0.4) is 0 Å². The number of anilines is 1. The third-order valence-corrected chi connectivity index (χ3v) is 3.06. The molecule has 0 saturated carbocycles. The maximum atomic E-state index is 12.1. The second-order valence-corrected chi connectivity index (χ2v) is 5.18. The van der Waals surface area contributed by atoms with Crippen LogP contribution in [-0.4, -0.2) is 43.4 Å². The van der Waals surface area contributed by atoms with Crippen molar-refractivity contribution >= 4 is 29.4 Å². The zero-order chi connectivity index (χ0) is 18.7. The number of hydrogen-bond acceptors (Lipinski definition) is 5. The van der Waals surface area contributed by atoms with Crippen molar-refractivity contribution in [2.75, 3.05) is 25.0 Å². The van der Waals surface area contributed by atoms with Gasteiger partial charge in [0.25, 0.3) is 5.91 Å². The molecule has 9 heteroatoms. The van der Waals surface area contributed by atoms with Crippen LogP contribution in [0.4, 0.5) is 10.5 Å². The number of nitrogens with two attached hydrogens (primary N) is 1. The minimum atomic E-state index is -0.564. The second kappa shape index (κ2) is 10.6. The zero-order valence-electron chi connectivity index (χ0n) is 14.1. The molecule has 0 aliphatic heterocycles. The van der Waals surface area contributed by atoms with E-state index in [1.807, 2.05) is 6.92 Å². The van der Waals surface area contributed by atoms with E-state index < -0.39 is 23.8 Å². The van der Waals surface area contributed by atoms with E-state index in [0.29, 0.717) is 17.8 Å². The highest BCUT2D eigenvalue weighted by Gasteiger charge is 2.12. The molecule has 0 heterocycles. The predicted molar refractivity (Wildman–Crippen MR) is 92.9 cm³/mol. The van der Waals surface area contributed by atoms with Gasteiger partial charge in [0.15, 0.2) is 0 Å². The monoisotopic (exact) mass is 349 g/mol. The van der Waals surface area contributed by atoms with Crippen LogP contribution in [-0.2, 0) is 9.59 Å². The number of para-hydroxylation sites is 1. The maximum Gasteiger partial charge on any atom is 0.321 e. The molecule has 0 unspecified atom stereocenters. The molecule has 136 valence electrons. The summed E-state index contributed by atoms with van der Waals surface area (Å²) in [6.07, 6.45) is 0.800. The first-order chi connectivity index (χ1) is 11.9. The number of hydrogen-bond donors (Lipinski definition) is 5. The highest BCUT2D eigenvalue weighted by Crippen LogP contribution is 2.14. The van der Waals surface area contributed by atoms with Gasteiger partial charge in [-0.05, 0) is 18.6 Å². The van der Waals surface area contributed by atoms with Gasteiger partial charge in [-0.15, -0.1) is 0 Å². The van der Waals surface area contributed by atoms with Crippen LogP contribution >= 0.6 is 0 Å². The number of primary amides is 1. The van der Waals surface area contributed by atoms with Crippen LogP contribution < -0.4 is 27.0 Å². The molecular formula is C16H23N5O4. The average Bonchev–Trinajstić information content (AvgIpc) is 2.58. The van der Waals surface area contributed by atoms with Gasteiger partial charge in [-0.2, -0.15) is 0 Å². The maximum absolute atomic E-state index is 12.1. The quantitative estimate of drug-likeness (QED) is 0.424. The summed E-state index contributed by atoms with van der Waals surface area (Å²) in [6, 6.07) is 6.02. The summed E-state index contributed by atoms with van der Waals surface area (Å²) >= 11 is 0. The smallest absolute Gasteiger partial charge is 0.321 e. The van der Waals surface area contributed by atoms with Gasteiger partial charge in [-0.25, -0.2) is 4.79 Å². The highest BCUT2D eigenvalue weighted by molar-refractivity contribution is 6.01. The molecule has 0 atom stereocenters. The first-order valence-corrected chi connectivity index (χ1v) is 7.91. The largest absolute Gasteiger partial charge is 0.375 e. The third-order valence-electron chi connectivity index (χ3n) is 3.06. The summed E-state index contributed by atoms with van der Waals surface area (Å²) in [5.74, 6) is -1.44. The van der Waals surface area contributed by atoms with Gasteiger partial charge in [0, 0.05) is 25.2 Å². The number of rotatable bonds is 9. The summed E-state index contributed by atoms with van der Waals surface area (Å²) < 4.78 is 0. The van der Waals surface area contributed by atoms with Crippen molar-refractivity contribution in [1.29, 1.82) is 0 Å². The van der Waals surface area contributed by atoms with Gasteiger partial charge in [0.2, 0.25) is 11.8 Å². The van der Waals surface area contributed by atoms with Crippen molar-refractivity contribution in [2.24, 2.45) is 5.73 Å². The van der Waals surface area contributed by atoms with Crippen LogP contribution in [0.15, 0.2) is 24.3 Å². The normalized spacial score (nSPS) is 9.80. The van der Waals surface area contributed by atoms with Crippen LogP contribution in [0.1, 0.15) is 30.1 Å². The van der Waals surface area contributed by atoms with Crippen LogP contribution in [0, 0.1) is 0 Å². The molecule has 1 aromatic carbocycles. The Balaban J connectivity index is 2.56. The lowest BCUT2D eigenvalue weighted by Crippen LogP contribution is -2.42. The number of imide groups is 1. The number of nitrogens with one attached hydrogen (secondary N) is 4. The Morgan fingerprint density at radius 3 is 2.44 bits per heavy atom. The standard InChI is InChI=1S/C16H23N5O4/c1-2-8-19-16(25)21-14(23)10-20-12-6-4-3-5-11(12)15(24)18-9-7-13(17)22/h3-6,20H,2,7-10H2,1H3,(H2,17,22)(H,18,24)(H2,19,21,23,25). The summed E-state index contributed by atoms with van der Waals surface area (Å²) in [7, 11) is 0. The van der Waals surface area contributed by atoms with Gasteiger partial charge in [-0.3, -0.25) is 19.7 Å². The fourth-order valence-corrected chi connectivity index (χ4v) is 1.86. The molecule has 0 radical (unpaired) electrons. The van der Waals surface area contributed by atoms with Gasteiger partial charge in [-0.1, -0.05) is 19.1 Å². The highest BCUT2D eigenvalue weighted by atomic mass is 16.2. The molecule has 0 fully saturated rings. The predicted octanol–water partition coefficient (Wildman–Crippen LogP) is -0.0605. The third kappa shape index (κ3) is 7.82. The van der Waals surface area contributed by atoms with E-state index in [0.717, 1.165) is 6.42 Å². The fourth-order valence-electron chi connectivity index (χ4n) is 1.86. The van der Waals surface area contributed by atoms with Crippen molar-refractivity contribution in [3.8, 4) is 0 Å². The van der Waals surface area contributed by atoms with Crippen LogP contribution in [0.5, 0.6) is 0 Å². The lowest BCUT2D eigenvalue weighted by Gasteiger charge is -2.12. The van der Waals surface area contributed by atoms with Crippen molar-refractivity contribution < 1.29 is 19.2 Å². The van der Waals surface area contributed by atoms with Gasteiger partial charge >= 0.3 is 6.03 Å². The molecule has 0 saturated heterocycles. The Labute approximate surface area is 145 Å². The van der Waals surface area contributed by atoms with E-state index in [4.69, 9.17) is 5.73 Å². The number of carbonyl (C=O) groups excluding carboxylic acids is 4. The van der Waals surface area contributed by atoms with Gasteiger partial charge < -0.3 is 21.7 Å². The first-order valence-electron chi connectivity index (χ1n) is 7.91. The van der Waals surface area contributed by atoms with Crippen molar-refractivity contribution in [3.05, 3.63) is 29.8 Å². The van der Waals surface area contributed by atoms with E-state index >= 15 is 0 Å². The molecule has 0 bridgehead atoms. The molecule has 25 heavy (non-hydrogen) atoms. The summed E-state index contributed by atoms with van der Waals surface area (Å²) in [4.78, 5) is 45.9.